The third-order valence-corrected chi connectivity index (χ3v) is 11.6. The Labute approximate surface area is 148 Å². The average Bonchev–Trinajstić information content (AvgIpc) is 2.95. The van der Waals surface area contributed by atoms with E-state index in [-0.39, 0.29) is 0 Å². The highest BCUT2D eigenvalue weighted by Gasteiger charge is 2.45. The number of rotatable bonds is 3. The molecule has 2 aliphatic rings. The van der Waals surface area contributed by atoms with E-state index < -0.39 is 8.07 Å². The molecule has 2 aliphatic carbocycles. The zero-order chi connectivity index (χ0) is 17.6. The van der Waals surface area contributed by atoms with Crippen molar-refractivity contribution in [2.24, 2.45) is 11.8 Å². The minimum atomic E-state index is -1.94. The summed E-state index contributed by atoms with van der Waals surface area (Å²) in [6.07, 6.45) is 4.93. The summed E-state index contributed by atoms with van der Waals surface area (Å²) in [4.78, 5) is 0. The van der Waals surface area contributed by atoms with Crippen LogP contribution in [0.15, 0.2) is 75.2 Å². The molecule has 1 aromatic carbocycles. The van der Waals surface area contributed by atoms with Gasteiger partial charge in [0, 0.05) is 0 Å². The smallest absolute Gasteiger partial charge is 0.0748 e. The molecule has 0 nitrogen and oxygen atoms in total. The molecule has 0 N–H and O–H groups in total. The highest BCUT2D eigenvalue weighted by atomic mass is 28.3. The standard InChI is InChI=1S/C23H30Si/c1-15-13-17(3)22(19(15)5)24(7,21-11-9-8-10-12-21)23-18(4)14-16(2)20(23)6/h8-14,17-18H,1-7H3. The first-order chi connectivity index (χ1) is 11.3. The van der Waals surface area contributed by atoms with Gasteiger partial charge < -0.3 is 0 Å². The van der Waals surface area contributed by atoms with E-state index in [0.717, 1.165) is 0 Å². The lowest BCUT2D eigenvalue weighted by atomic mass is 10.2. The Bertz CT molecular complexity index is 741. The van der Waals surface area contributed by atoms with Gasteiger partial charge in [-0.25, -0.2) is 0 Å². The number of benzene rings is 1. The molecule has 1 heteroatoms. The molecule has 0 radical (unpaired) electrons. The molecule has 3 rings (SSSR count). The van der Waals surface area contributed by atoms with E-state index >= 15 is 0 Å². The second-order valence-electron chi connectivity index (χ2n) is 7.85. The van der Waals surface area contributed by atoms with E-state index in [1.54, 1.807) is 15.6 Å². The van der Waals surface area contributed by atoms with E-state index in [4.69, 9.17) is 0 Å². The summed E-state index contributed by atoms with van der Waals surface area (Å²) >= 11 is 0. The second-order valence-corrected chi connectivity index (χ2v) is 11.7. The van der Waals surface area contributed by atoms with Crippen LogP contribution in [0.4, 0.5) is 0 Å². The van der Waals surface area contributed by atoms with Crippen LogP contribution in [0.3, 0.4) is 0 Å². The van der Waals surface area contributed by atoms with Gasteiger partial charge in [0.25, 0.3) is 0 Å². The van der Waals surface area contributed by atoms with Gasteiger partial charge in [0.05, 0.1) is 0 Å². The predicted octanol–water partition coefficient (Wildman–Crippen LogP) is 5.88. The van der Waals surface area contributed by atoms with Gasteiger partial charge in [-0.1, -0.05) is 101 Å². The number of hydrogen-bond acceptors (Lipinski definition) is 0. The highest BCUT2D eigenvalue weighted by Crippen LogP contribution is 2.45. The molecule has 0 aromatic heterocycles. The van der Waals surface area contributed by atoms with E-state index in [0.29, 0.717) is 11.8 Å². The fourth-order valence-electron chi connectivity index (χ4n) is 5.16. The quantitative estimate of drug-likeness (QED) is 0.606. The second kappa shape index (κ2) is 6.04. The molecule has 0 saturated heterocycles. The monoisotopic (exact) mass is 334 g/mol. The first-order valence-corrected chi connectivity index (χ1v) is 11.6. The first kappa shape index (κ1) is 17.2. The fraction of sp³-hybridized carbons (Fsp3) is 0.391. The molecule has 0 amide bonds. The Hall–Kier alpha value is -1.60. The van der Waals surface area contributed by atoms with E-state index in [2.05, 4.69) is 90.6 Å². The van der Waals surface area contributed by atoms with Crippen molar-refractivity contribution in [3.05, 3.63) is 75.2 Å². The molecule has 0 spiro atoms. The molecule has 2 atom stereocenters. The van der Waals surface area contributed by atoms with Crippen LogP contribution in [0.1, 0.15) is 41.5 Å². The molecule has 0 fully saturated rings. The van der Waals surface area contributed by atoms with E-state index in [1.165, 1.54) is 22.3 Å². The molecular weight excluding hydrogens is 304 g/mol. The molecule has 126 valence electrons. The van der Waals surface area contributed by atoms with Crippen molar-refractivity contribution in [3.8, 4) is 0 Å². The number of hydrogen-bond donors (Lipinski definition) is 0. The maximum absolute atomic E-state index is 2.59. The lowest BCUT2D eigenvalue weighted by Crippen LogP contribution is -2.52. The van der Waals surface area contributed by atoms with Crippen molar-refractivity contribution in [3.63, 3.8) is 0 Å². The lowest BCUT2D eigenvalue weighted by Gasteiger charge is -2.37. The Kier molecular flexibility index (Phi) is 4.33. The molecule has 1 aromatic rings. The minimum Gasteiger partial charge on any atom is -0.0748 e. The van der Waals surface area contributed by atoms with Gasteiger partial charge in [0.2, 0.25) is 0 Å². The lowest BCUT2D eigenvalue weighted by molar-refractivity contribution is 0.891. The van der Waals surface area contributed by atoms with Gasteiger partial charge in [-0.15, -0.1) is 0 Å². The molecule has 0 heterocycles. The maximum Gasteiger partial charge on any atom is 0.138 e. The van der Waals surface area contributed by atoms with E-state index in [1.807, 2.05) is 0 Å². The van der Waals surface area contributed by atoms with Crippen LogP contribution in [0, 0.1) is 11.8 Å². The summed E-state index contributed by atoms with van der Waals surface area (Å²) in [5.41, 5.74) is 6.02. The van der Waals surface area contributed by atoms with Crippen LogP contribution in [0.5, 0.6) is 0 Å². The Balaban J connectivity index is 2.30. The van der Waals surface area contributed by atoms with Crippen LogP contribution < -0.4 is 5.19 Å². The molecule has 0 saturated carbocycles. The van der Waals surface area contributed by atoms with Crippen molar-refractivity contribution in [1.82, 2.24) is 0 Å². The van der Waals surface area contributed by atoms with Crippen molar-refractivity contribution in [2.75, 3.05) is 0 Å². The van der Waals surface area contributed by atoms with Gasteiger partial charge in [-0.05, 0) is 39.5 Å². The summed E-state index contributed by atoms with van der Waals surface area (Å²) in [5.74, 6) is 1.10. The predicted molar refractivity (Wildman–Crippen MR) is 109 cm³/mol. The third kappa shape index (κ3) is 2.41. The van der Waals surface area contributed by atoms with Crippen LogP contribution >= 0.6 is 0 Å². The highest BCUT2D eigenvalue weighted by molar-refractivity contribution is 7.02. The van der Waals surface area contributed by atoms with E-state index in [9.17, 15) is 0 Å². The van der Waals surface area contributed by atoms with Crippen molar-refractivity contribution >= 4 is 13.3 Å². The van der Waals surface area contributed by atoms with Crippen molar-refractivity contribution in [2.45, 2.75) is 48.1 Å². The Morgan fingerprint density at radius 2 is 1.12 bits per heavy atom. The molecular formula is C23H30Si. The summed E-state index contributed by atoms with van der Waals surface area (Å²) < 4.78 is 0. The topological polar surface area (TPSA) is 0 Å². The zero-order valence-electron chi connectivity index (χ0n) is 16.2. The third-order valence-electron chi connectivity index (χ3n) is 6.33. The van der Waals surface area contributed by atoms with Gasteiger partial charge >= 0.3 is 0 Å². The normalized spacial score (nSPS) is 26.6. The average molecular weight is 335 g/mol. The minimum absolute atomic E-state index is 0.551. The van der Waals surface area contributed by atoms with Gasteiger partial charge in [0.1, 0.15) is 8.07 Å². The van der Waals surface area contributed by atoms with Crippen LogP contribution in [0.25, 0.3) is 0 Å². The van der Waals surface area contributed by atoms with Crippen LogP contribution in [-0.4, -0.2) is 8.07 Å². The Morgan fingerprint density at radius 1 is 0.708 bits per heavy atom. The molecule has 0 aliphatic heterocycles. The number of allylic oxidation sites excluding steroid dienone is 8. The van der Waals surface area contributed by atoms with Crippen molar-refractivity contribution in [1.29, 1.82) is 0 Å². The maximum atomic E-state index is 2.59. The Morgan fingerprint density at radius 3 is 1.46 bits per heavy atom. The molecule has 2 unspecified atom stereocenters. The molecule has 24 heavy (non-hydrogen) atoms. The van der Waals surface area contributed by atoms with Crippen LogP contribution in [0.2, 0.25) is 6.55 Å². The fourth-order valence-corrected chi connectivity index (χ4v) is 10.8. The SMILES string of the molecule is CC1=CC(C)C([Si](C)(C2=C(C)C(C)=CC2C)c2ccccc2)=C1C. The van der Waals surface area contributed by atoms with Gasteiger partial charge in [-0.3, -0.25) is 0 Å². The van der Waals surface area contributed by atoms with Gasteiger partial charge in [-0.2, -0.15) is 0 Å². The van der Waals surface area contributed by atoms with Crippen molar-refractivity contribution < 1.29 is 0 Å². The summed E-state index contributed by atoms with van der Waals surface area (Å²) in [7, 11) is -1.94. The zero-order valence-corrected chi connectivity index (χ0v) is 17.2. The largest absolute Gasteiger partial charge is 0.138 e. The van der Waals surface area contributed by atoms with Crippen LogP contribution in [-0.2, 0) is 0 Å². The summed E-state index contributed by atoms with van der Waals surface area (Å²) in [6, 6.07) is 11.3. The first-order valence-electron chi connectivity index (χ1n) is 9.14. The summed E-state index contributed by atoms with van der Waals surface area (Å²) in [5, 5.41) is 4.99. The summed E-state index contributed by atoms with van der Waals surface area (Å²) in [6.45, 7) is 16.6. The molecule has 0 bridgehead atoms. The van der Waals surface area contributed by atoms with Gasteiger partial charge in [0.15, 0.2) is 0 Å².